The van der Waals surface area contributed by atoms with Gasteiger partial charge in [0.15, 0.2) is 0 Å². The van der Waals surface area contributed by atoms with Crippen molar-refractivity contribution in [2.24, 2.45) is 0 Å². The first-order chi connectivity index (χ1) is 11.6. The fourth-order valence-electron chi connectivity index (χ4n) is 2.79. The van der Waals surface area contributed by atoms with Crippen molar-refractivity contribution in [1.29, 1.82) is 0 Å². The van der Waals surface area contributed by atoms with Gasteiger partial charge in [-0.05, 0) is 25.3 Å². The second kappa shape index (κ2) is 7.92. The van der Waals surface area contributed by atoms with Crippen LogP contribution >= 0.6 is 11.3 Å². The molecular formula is C17H23N3O3S. The Kier molecular flexibility index (Phi) is 5.65. The Morgan fingerprint density at radius 2 is 2.25 bits per heavy atom. The van der Waals surface area contributed by atoms with Crippen molar-refractivity contribution in [3.8, 4) is 10.8 Å². The van der Waals surface area contributed by atoms with Gasteiger partial charge in [-0.15, -0.1) is 11.3 Å². The highest BCUT2D eigenvalue weighted by Crippen LogP contribution is 2.26. The molecule has 6 nitrogen and oxygen atoms in total. The fraction of sp³-hybridized carbons (Fsp3) is 0.529. The number of ether oxygens (including phenoxy) is 1. The molecular weight excluding hydrogens is 326 g/mol. The molecule has 130 valence electrons. The van der Waals surface area contributed by atoms with Crippen LogP contribution in [-0.2, 0) is 16.0 Å². The Hall–Kier alpha value is -1.70. The maximum atomic E-state index is 12.3. The quantitative estimate of drug-likeness (QED) is 0.865. The molecule has 1 fully saturated rings. The van der Waals surface area contributed by atoms with Crippen LogP contribution in [0.5, 0.6) is 0 Å². The number of aryl methyl sites for hydroxylation is 1. The number of morpholine rings is 1. The van der Waals surface area contributed by atoms with Crippen LogP contribution in [0.1, 0.15) is 18.4 Å². The highest BCUT2D eigenvalue weighted by Gasteiger charge is 2.18. The summed E-state index contributed by atoms with van der Waals surface area (Å²) >= 11 is 1.57. The number of hydrogen-bond acceptors (Lipinski definition) is 6. The summed E-state index contributed by atoms with van der Waals surface area (Å²) in [7, 11) is 0. The van der Waals surface area contributed by atoms with E-state index in [1.807, 2.05) is 31.4 Å². The molecule has 0 spiro atoms. The SMILES string of the molecule is Cc1oc(-c2cccs2)nc1CC(=O)N[C@H](C)CN1CCOCC1. The Bertz CT molecular complexity index is 663. The van der Waals surface area contributed by atoms with E-state index in [0.717, 1.165) is 37.7 Å². The second-order valence-corrected chi connectivity index (χ2v) is 7.01. The molecule has 1 N–H and O–H groups in total. The number of thiophene rings is 1. The summed E-state index contributed by atoms with van der Waals surface area (Å²) in [6, 6.07) is 4.02. The van der Waals surface area contributed by atoms with Gasteiger partial charge in [0.1, 0.15) is 5.76 Å². The lowest BCUT2D eigenvalue weighted by molar-refractivity contribution is -0.121. The lowest BCUT2D eigenvalue weighted by Gasteiger charge is -2.29. The van der Waals surface area contributed by atoms with E-state index >= 15 is 0 Å². The van der Waals surface area contributed by atoms with Gasteiger partial charge in [0.25, 0.3) is 0 Å². The molecule has 1 saturated heterocycles. The highest BCUT2D eigenvalue weighted by atomic mass is 32.1. The predicted molar refractivity (Wildman–Crippen MR) is 93.1 cm³/mol. The minimum Gasteiger partial charge on any atom is -0.440 e. The van der Waals surface area contributed by atoms with Crippen molar-refractivity contribution >= 4 is 17.2 Å². The Labute approximate surface area is 145 Å². The summed E-state index contributed by atoms with van der Waals surface area (Å²) in [6.45, 7) is 8.10. The van der Waals surface area contributed by atoms with Crippen LogP contribution in [0.2, 0.25) is 0 Å². The van der Waals surface area contributed by atoms with Crippen molar-refractivity contribution in [3.05, 3.63) is 29.0 Å². The van der Waals surface area contributed by atoms with E-state index in [4.69, 9.17) is 9.15 Å². The third kappa shape index (κ3) is 4.43. The maximum absolute atomic E-state index is 12.3. The molecule has 1 atom stereocenters. The van der Waals surface area contributed by atoms with Gasteiger partial charge >= 0.3 is 0 Å². The van der Waals surface area contributed by atoms with Crippen LogP contribution in [0.3, 0.4) is 0 Å². The van der Waals surface area contributed by atoms with Gasteiger partial charge in [-0.25, -0.2) is 4.98 Å². The van der Waals surface area contributed by atoms with E-state index in [1.165, 1.54) is 0 Å². The number of carbonyl (C=O) groups excluding carboxylic acids is 1. The zero-order valence-electron chi connectivity index (χ0n) is 14.1. The average Bonchev–Trinajstić information content (AvgIpc) is 3.18. The topological polar surface area (TPSA) is 67.6 Å². The van der Waals surface area contributed by atoms with Gasteiger partial charge in [-0.3, -0.25) is 9.69 Å². The molecule has 3 rings (SSSR count). The van der Waals surface area contributed by atoms with E-state index < -0.39 is 0 Å². The zero-order valence-corrected chi connectivity index (χ0v) is 14.9. The Balaban J connectivity index is 1.53. The molecule has 24 heavy (non-hydrogen) atoms. The van der Waals surface area contributed by atoms with Crippen LogP contribution in [-0.4, -0.2) is 54.7 Å². The minimum absolute atomic E-state index is 0.0233. The van der Waals surface area contributed by atoms with Crippen LogP contribution in [0.15, 0.2) is 21.9 Å². The average molecular weight is 349 g/mol. The van der Waals surface area contributed by atoms with E-state index in [2.05, 4.69) is 15.2 Å². The summed E-state index contributed by atoms with van der Waals surface area (Å²) in [5.41, 5.74) is 0.703. The van der Waals surface area contributed by atoms with Crippen molar-refractivity contribution in [1.82, 2.24) is 15.2 Å². The number of hydrogen-bond donors (Lipinski definition) is 1. The summed E-state index contributed by atoms with van der Waals surface area (Å²) in [5, 5.41) is 5.03. The van der Waals surface area contributed by atoms with Crippen molar-refractivity contribution in [2.45, 2.75) is 26.3 Å². The number of nitrogens with zero attached hydrogens (tertiary/aromatic N) is 2. The van der Waals surface area contributed by atoms with Crippen molar-refractivity contribution in [3.63, 3.8) is 0 Å². The largest absolute Gasteiger partial charge is 0.440 e. The molecule has 0 aromatic carbocycles. The third-order valence-corrected chi connectivity index (χ3v) is 4.85. The lowest BCUT2D eigenvalue weighted by atomic mass is 10.2. The van der Waals surface area contributed by atoms with Gasteiger partial charge in [-0.1, -0.05) is 6.07 Å². The summed E-state index contributed by atoms with van der Waals surface area (Å²) in [5.74, 6) is 1.27. The summed E-state index contributed by atoms with van der Waals surface area (Å²) in [4.78, 5) is 20.0. The van der Waals surface area contributed by atoms with Crippen molar-refractivity contribution < 1.29 is 13.9 Å². The van der Waals surface area contributed by atoms with Crippen LogP contribution < -0.4 is 5.32 Å². The Morgan fingerprint density at radius 1 is 1.46 bits per heavy atom. The van der Waals surface area contributed by atoms with Crippen LogP contribution in [0.4, 0.5) is 0 Å². The molecule has 2 aromatic rings. The standard InChI is InChI=1S/C17H23N3O3S/c1-12(11-20-5-7-22-8-6-20)18-16(21)10-14-13(2)23-17(19-14)15-4-3-9-24-15/h3-4,9,12H,5-8,10-11H2,1-2H3,(H,18,21)/t12-/m1/s1. The number of carbonyl (C=O) groups is 1. The number of amides is 1. The zero-order chi connectivity index (χ0) is 16.9. The lowest BCUT2D eigenvalue weighted by Crippen LogP contribution is -2.46. The molecule has 0 aliphatic carbocycles. The van der Waals surface area contributed by atoms with Crippen molar-refractivity contribution in [2.75, 3.05) is 32.8 Å². The molecule has 1 aliphatic heterocycles. The first-order valence-electron chi connectivity index (χ1n) is 8.21. The highest BCUT2D eigenvalue weighted by molar-refractivity contribution is 7.13. The first kappa shape index (κ1) is 17.1. The van der Waals surface area contributed by atoms with Gasteiger partial charge in [0.05, 0.1) is 30.2 Å². The predicted octanol–water partition coefficient (Wildman–Crippen LogP) is 2.09. The van der Waals surface area contributed by atoms with Crippen LogP contribution in [0, 0.1) is 6.92 Å². The van der Waals surface area contributed by atoms with E-state index in [9.17, 15) is 4.79 Å². The number of aromatic nitrogens is 1. The monoisotopic (exact) mass is 349 g/mol. The number of oxazole rings is 1. The normalized spacial score (nSPS) is 16.9. The number of nitrogens with one attached hydrogen (secondary N) is 1. The van der Waals surface area contributed by atoms with Crippen LogP contribution in [0.25, 0.3) is 10.8 Å². The maximum Gasteiger partial charge on any atom is 0.236 e. The van der Waals surface area contributed by atoms with Gasteiger partial charge in [-0.2, -0.15) is 0 Å². The third-order valence-electron chi connectivity index (χ3n) is 4.00. The van der Waals surface area contributed by atoms with Gasteiger partial charge in [0.2, 0.25) is 11.8 Å². The van der Waals surface area contributed by atoms with E-state index in [-0.39, 0.29) is 18.4 Å². The van der Waals surface area contributed by atoms with E-state index in [1.54, 1.807) is 11.3 Å². The fourth-order valence-corrected chi connectivity index (χ4v) is 3.44. The molecule has 7 heteroatoms. The molecule has 0 saturated carbocycles. The Morgan fingerprint density at radius 3 is 2.96 bits per heavy atom. The van der Waals surface area contributed by atoms with E-state index in [0.29, 0.717) is 17.3 Å². The molecule has 1 amide bonds. The molecule has 1 aliphatic rings. The minimum atomic E-state index is -0.0233. The summed E-state index contributed by atoms with van der Waals surface area (Å²) in [6.07, 6.45) is 0.244. The molecule has 0 bridgehead atoms. The first-order valence-corrected chi connectivity index (χ1v) is 9.09. The molecule has 0 unspecified atom stereocenters. The number of rotatable bonds is 6. The van der Waals surface area contributed by atoms with Gasteiger partial charge in [0, 0.05) is 25.7 Å². The summed E-state index contributed by atoms with van der Waals surface area (Å²) < 4.78 is 11.0. The molecule has 2 aromatic heterocycles. The van der Waals surface area contributed by atoms with Gasteiger partial charge < -0.3 is 14.5 Å². The second-order valence-electron chi connectivity index (χ2n) is 6.06. The molecule has 0 radical (unpaired) electrons. The smallest absolute Gasteiger partial charge is 0.236 e. The molecule has 3 heterocycles.